The Labute approximate surface area is 200 Å². The third kappa shape index (κ3) is 7.60. The average Bonchev–Trinajstić information content (AvgIpc) is 3.25. The molecule has 178 valence electrons. The molecule has 3 rings (SSSR count). The Bertz CT molecular complexity index is 1170. The molecule has 3 aromatic rings. The Morgan fingerprint density at radius 2 is 1.97 bits per heavy atom. The van der Waals surface area contributed by atoms with E-state index >= 15 is 0 Å². The first-order valence-corrected chi connectivity index (χ1v) is 11.1. The van der Waals surface area contributed by atoms with E-state index in [9.17, 15) is 4.79 Å². The van der Waals surface area contributed by atoms with Crippen molar-refractivity contribution in [3.8, 4) is 11.8 Å². The van der Waals surface area contributed by atoms with Crippen LogP contribution in [0, 0.1) is 11.8 Å². The SMILES string of the molecule is CN(C)CCCNc1ncncc1C#Cc1cccc(NC(=O)Nc2cc(C(C)(C)C)on2)c1. The predicted molar refractivity (Wildman–Crippen MR) is 134 cm³/mol. The second-order valence-corrected chi connectivity index (χ2v) is 9.10. The first-order valence-electron chi connectivity index (χ1n) is 11.1. The van der Waals surface area contributed by atoms with Gasteiger partial charge in [-0.05, 0) is 45.3 Å². The van der Waals surface area contributed by atoms with E-state index in [0.717, 1.165) is 25.1 Å². The fourth-order valence-corrected chi connectivity index (χ4v) is 2.94. The number of rotatable bonds is 7. The Morgan fingerprint density at radius 3 is 2.71 bits per heavy atom. The van der Waals surface area contributed by atoms with Crippen molar-refractivity contribution in [3.63, 3.8) is 0 Å². The number of amides is 2. The molecule has 0 spiro atoms. The maximum atomic E-state index is 12.4. The maximum Gasteiger partial charge on any atom is 0.324 e. The summed E-state index contributed by atoms with van der Waals surface area (Å²) >= 11 is 0. The molecule has 0 unspecified atom stereocenters. The number of hydrogen-bond acceptors (Lipinski definition) is 7. The quantitative estimate of drug-likeness (QED) is 0.358. The van der Waals surface area contributed by atoms with Gasteiger partial charge < -0.3 is 20.1 Å². The van der Waals surface area contributed by atoms with Crippen LogP contribution in [0.3, 0.4) is 0 Å². The van der Waals surface area contributed by atoms with Crippen molar-refractivity contribution in [2.24, 2.45) is 0 Å². The van der Waals surface area contributed by atoms with Gasteiger partial charge in [-0.3, -0.25) is 5.32 Å². The molecule has 3 N–H and O–H groups in total. The first-order chi connectivity index (χ1) is 16.2. The van der Waals surface area contributed by atoms with Crippen LogP contribution in [0.5, 0.6) is 0 Å². The first kappa shape index (κ1) is 24.7. The van der Waals surface area contributed by atoms with Crippen LogP contribution in [0.25, 0.3) is 0 Å². The van der Waals surface area contributed by atoms with E-state index in [1.807, 2.05) is 47.0 Å². The molecule has 2 amide bonds. The molecule has 2 heterocycles. The van der Waals surface area contributed by atoms with Crippen LogP contribution < -0.4 is 16.0 Å². The molecule has 0 aliphatic rings. The molecule has 9 heteroatoms. The topological polar surface area (TPSA) is 108 Å². The van der Waals surface area contributed by atoms with E-state index in [4.69, 9.17) is 4.52 Å². The number of carbonyl (C=O) groups excluding carboxylic acids is 1. The van der Waals surface area contributed by atoms with Gasteiger partial charge in [-0.1, -0.05) is 43.8 Å². The monoisotopic (exact) mass is 461 g/mol. The van der Waals surface area contributed by atoms with Crippen LogP contribution >= 0.6 is 0 Å². The summed E-state index contributed by atoms with van der Waals surface area (Å²) in [6, 6.07) is 8.59. The van der Waals surface area contributed by atoms with Crippen LogP contribution in [0.1, 0.15) is 44.1 Å². The number of carbonyl (C=O) groups is 1. The highest BCUT2D eigenvalue weighted by Crippen LogP contribution is 2.24. The van der Waals surface area contributed by atoms with Gasteiger partial charge >= 0.3 is 6.03 Å². The van der Waals surface area contributed by atoms with E-state index < -0.39 is 6.03 Å². The molecule has 0 saturated heterocycles. The third-order valence-corrected chi connectivity index (χ3v) is 4.74. The zero-order chi connectivity index (χ0) is 24.6. The van der Waals surface area contributed by atoms with Gasteiger partial charge in [0.25, 0.3) is 0 Å². The number of anilines is 3. The molecular formula is C25H31N7O2. The van der Waals surface area contributed by atoms with Crippen molar-refractivity contribution in [1.82, 2.24) is 20.0 Å². The van der Waals surface area contributed by atoms with Gasteiger partial charge in [0, 0.05) is 35.5 Å². The minimum atomic E-state index is -0.417. The van der Waals surface area contributed by atoms with Gasteiger partial charge in [0.15, 0.2) is 5.82 Å². The fraction of sp³-hybridized carbons (Fsp3) is 0.360. The van der Waals surface area contributed by atoms with Crippen molar-refractivity contribution in [2.75, 3.05) is 43.1 Å². The minimum Gasteiger partial charge on any atom is -0.369 e. The molecular weight excluding hydrogens is 430 g/mol. The molecule has 0 bridgehead atoms. The Hall–Kier alpha value is -3.90. The lowest BCUT2D eigenvalue weighted by Gasteiger charge is -2.12. The zero-order valence-electron chi connectivity index (χ0n) is 20.3. The van der Waals surface area contributed by atoms with Gasteiger partial charge in [-0.2, -0.15) is 0 Å². The van der Waals surface area contributed by atoms with Crippen molar-refractivity contribution < 1.29 is 9.32 Å². The summed E-state index contributed by atoms with van der Waals surface area (Å²) in [5.74, 6) is 7.99. The van der Waals surface area contributed by atoms with Crippen LogP contribution in [-0.4, -0.2) is 53.2 Å². The molecule has 9 nitrogen and oxygen atoms in total. The highest BCUT2D eigenvalue weighted by molar-refractivity contribution is 5.99. The molecule has 0 fully saturated rings. The van der Waals surface area contributed by atoms with Gasteiger partial charge in [0.1, 0.15) is 17.9 Å². The number of hydrogen-bond donors (Lipinski definition) is 3. The largest absolute Gasteiger partial charge is 0.369 e. The van der Waals surface area contributed by atoms with Crippen molar-refractivity contribution in [3.05, 3.63) is 59.7 Å². The molecule has 34 heavy (non-hydrogen) atoms. The minimum absolute atomic E-state index is 0.193. The van der Waals surface area contributed by atoms with E-state index in [1.165, 1.54) is 6.33 Å². The van der Waals surface area contributed by atoms with Crippen LogP contribution in [-0.2, 0) is 5.41 Å². The van der Waals surface area contributed by atoms with Crippen LogP contribution in [0.2, 0.25) is 0 Å². The summed E-state index contributed by atoms with van der Waals surface area (Å²) in [5, 5.41) is 12.7. The zero-order valence-corrected chi connectivity index (χ0v) is 20.3. The lowest BCUT2D eigenvalue weighted by Crippen LogP contribution is -2.19. The normalized spacial score (nSPS) is 11.0. The smallest absolute Gasteiger partial charge is 0.324 e. The van der Waals surface area contributed by atoms with Gasteiger partial charge in [0.05, 0.1) is 5.56 Å². The summed E-state index contributed by atoms with van der Waals surface area (Å²) in [5.41, 5.74) is 1.87. The number of urea groups is 1. The Balaban J connectivity index is 1.62. The summed E-state index contributed by atoms with van der Waals surface area (Å²) in [7, 11) is 4.09. The Morgan fingerprint density at radius 1 is 1.15 bits per heavy atom. The fourth-order valence-electron chi connectivity index (χ4n) is 2.94. The summed E-state index contributed by atoms with van der Waals surface area (Å²) in [6.07, 6.45) is 4.18. The van der Waals surface area contributed by atoms with Gasteiger partial charge in [-0.25, -0.2) is 14.8 Å². The molecule has 0 saturated carbocycles. The molecule has 0 aliphatic carbocycles. The second-order valence-electron chi connectivity index (χ2n) is 9.10. The summed E-state index contributed by atoms with van der Waals surface area (Å²) in [6.45, 7) is 7.81. The molecule has 0 atom stereocenters. The van der Waals surface area contributed by atoms with E-state index in [0.29, 0.717) is 28.6 Å². The highest BCUT2D eigenvalue weighted by Gasteiger charge is 2.20. The number of aromatic nitrogens is 3. The van der Waals surface area contributed by atoms with E-state index in [2.05, 4.69) is 47.8 Å². The molecule has 2 aromatic heterocycles. The molecule has 0 radical (unpaired) electrons. The van der Waals surface area contributed by atoms with Gasteiger partial charge in [-0.15, -0.1) is 0 Å². The average molecular weight is 462 g/mol. The molecule has 0 aliphatic heterocycles. The predicted octanol–water partition coefficient (Wildman–Crippen LogP) is 4.17. The van der Waals surface area contributed by atoms with E-state index in [-0.39, 0.29) is 5.41 Å². The van der Waals surface area contributed by atoms with Crippen molar-refractivity contribution in [2.45, 2.75) is 32.6 Å². The standard InChI is InChI=1S/C25H31N7O2/c1-25(2,3)21-15-22(31-34-21)30-24(33)29-20-9-6-8-18(14-20)10-11-19-16-26-17-28-23(19)27-12-7-13-32(4)5/h6,8-9,14-17H,7,12-13H2,1-5H3,(H,26,27,28)(H2,29,30,31,33). The van der Waals surface area contributed by atoms with Crippen molar-refractivity contribution >= 4 is 23.4 Å². The number of nitrogens with zero attached hydrogens (tertiary/aromatic N) is 4. The number of benzene rings is 1. The Kier molecular flexibility index (Phi) is 8.22. The maximum absolute atomic E-state index is 12.4. The lowest BCUT2D eigenvalue weighted by molar-refractivity contribution is 0.262. The van der Waals surface area contributed by atoms with Crippen LogP contribution in [0.4, 0.5) is 22.1 Å². The van der Waals surface area contributed by atoms with Crippen molar-refractivity contribution in [1.29, 1.82) is 0 Å². The van der Waals surface area contributed by atoms with Gasteiger partial charge in [0.2, 0.25) is 0 Å². The molecule has 1 aromatic carbocycles. The summed E-state index contributed by atoms with van der Waals surface area (Å²) in [4.78, 5) is 22.9. The van der Waals surface area contributed by atoms with Crippen LogP contribution in [0.15, 0.2) is 47.4 Å². The summed E-state index contributed by atoms with van der Waals surface area (Å²) < 4.78 is 5.30. The third-order valence-electron chi connectivity index (χ3n) is 4.74. The van der Waals surface area contributed by atoms with E-state index in [1.54, 1.807) is 24.4 Å². The second kappa shape index (κ2) is 11.3. The lowest BCUT2D eigenvalue weighted by atomic mass is 9.93. The number of nitrogens with one attached hydrogen (secondary N) is 3. The highest BCUT2D eigenvalue weighted by atomic mass is 16.5.